The van der Waals surface area contributed by atoms with Gasteiger partial charge in [0, 0.05) is 58.0 Å². The van der Waals surface area contributed by atoms with Gasteiger partial charge in [0.25, 0.3) is 5.91 Å². The Labute approximate surface area is 172 Å². The topological polar surface area (TPSA) is 67.8 Å². The van der Waals surface area contributed by atoms with Crippen LogP contribution in [0.2, 0.25) is 0 Å². The Kier molecular flexibility index (Phi) is 6.56. The second kappa shape index (κ2) is 9.50. The van der Waals surface area contributed by atoms with Crippen LogP contribution in [0, 0.1) is 0 Å². The van der Waals surface area contributed by atoms with Gasteiger partial charge in [-0.25, -0.2) is 0 Å². The summed E-state index contributed by atoms with van der Waals surface area (Å²) in [7, 11) is 0. The van der Waals surface area contributed by atoms with Gasteiger partial charge in [-0.1, -0.05) is 36.4 Å². The zero-order valence-corrected chi connectivity index (χ0v) is 16.8. The van der Waals surface area contributed by atoms with Crippen molar-refractivity contribution >= 4 is 5.91 Å². The molecule has 6 nitrogen and oxygen atoms in total. The highest BCUT2D eigenvalue weighted by Crippen LogP contribution is 2.18. The number of fused-ring (bicyclic) bond motifs is 1. The lowest BCUT2D eigenvalue weighted by atomic mass is 10.00. The van der Waals surface area contributed by atoms with Crippen molar-refractivity contribution in [3.8, 4) is 0 Å². The summed E-state index contributed by atoms with van der Waals surface area (Å²) in [4.78, 5) is 17.1. The summed E-state index contributed by atoms with van der Waals surface area (Å²) < 4.78 is 0. The first-order valence-corrected chi connectivity index (χ1v) is 10.4. The molecular formula is C23H30N4O2. The predicted molar refractivity (Wildman–Crippen MR) is 113 cm³/mol. The van der Waals surface area contributed by atoms with Gasteiger partial charge < -0.3 is 15.7 Å². The second-order valence-corrected chi connectivity index (χ2v) is 8.03. The third-order valence-electron chi connectivity index (χ3n) is 5.71. The Hall–Kier alpha value is -2.25. The maximum absolute atomic E-state index is 12.5. The van der Waals surface area contributed by atoms with E-state index in [1.54, 1.807) is 0 Å². The summed E-state index contributed by atoms with van der Waals surface area (Å²) >= 11 is 0. The van der Waals surface area contributed by atoms with E-state index in [1.165, 1.54) is 11.1 Å². The van der Waals surface area contributed by atoms with Crippen molar-refractivity contribution in [1.82, 2.24) is 20.4 Å². The minimum Gasteiger partial charge on any atom is -0.390 e. The third kappa shape index (κ3) is 5.42. The summed E-state index contributed by atoms with van der Waals surface area (Å²) in [5, 5.41) is 16.6. The van der Waals surface area contributed by atoms with Crippen LogP contribution in [0.5, 0.6) is 0 Å². The summed E-state index contributed by atoms with van der Waals surface area (Å²) in [5.74, 6) is -0.130. The van der Waals surface area contributed by atoms with E-state index in [2.05, 4.69) is 50.8 Å². The monoisotopic (exact) mass is 394 g/mol. The van der Waals surface area contributed by atoms with Crippen molar-refractivity contribution in [2.75, 3.05) is 39.4 Å². The lowest BCUT2D eigenvalue weighted by molar-refractivity contribution is 0.0841. The van der Waals surface area contributed by atoms with Gasteiger partial charge in [0.2, 0.25) is 0 Å². The number of hydrogen-bond acceptors (Lipinski definition) is 5. The number of amides is 1. The second-order valence-electron chi connectivity index (χ2n) is 8.03. The van der Waals surface area contributed by atoms with E-state index in [1.807, 2.05) is 18.2 Å². The van der Waals surface area contributed by atoms with E-state index >= 15 is 0 Å². The number of carbonyl (C=O) groups is 1. The molecule has 0 spiro atoms. The molecule has 4 rings (SSSR count). The molecule has 2 heterocycles. The van der Waals surface area contributed by atoms with E-state index in [-0.39, 0.29) is 12.5 Å². The fraction of sp³-hybridized carbons (Fsp3) is 0.435. The van der Waals surface area contributed by atoms with E-state index in [0.29, 0.717) is 12.1 Å². The normalized spacial score (nSPS) is 18.4. The molecule has 29 heavy (non-hydrogen) atoms. The van der Waals surface area contributed by atoms with Crippen molar-refractivity contribution in [2.24, 2.45) is 0 Å². The molecule has 2 aromatic rings. The Balaban J connectivity index is 1.25. The number of aliphatic hydroxyl groups is 1. The number of nitrogens with one attached hydrogen (secondary N) is 2. The summed E-state index contributed by atoms with van der Waals surface area (Å²) in [5.41, 5.74) is 4.51. The number of aliphatic hydroxyl groups excluding tert-OH is 1. The molecule has 2 aromatic carbocycles. The minimum atomic E-state index is -0.580. The standard InChI is InChI=1S/C23H30N4O2/c28-22(16-26-10-8-19-5-1-2-6-21(19)15-26)13-25-23(29)20-7-3-4-18(12-20)14-27-11-9-24-17-27/h1-7,12,22,24,28H,8-11,13-17H2,(H,25,29). The maximum atomic E-state index is 12.5. The van der Waals surface area contributed by atoms with Gasteiger partial charge in [-0.05, 0) is 35.2 Å². The van der Waals surface area contributed by atoms with Crippen LogP contribution in [0.15, 0.2) is 48.5 Å². The first-order chi connectivity index (χ1) is 14.2. The molecule has 0 radical (unpaired) electrons. The van der Waals surface area contributed by atoms with Crippen LogP contribution >= 0.6 is 0 Å². The largest absolute Gasteiger partial charge is 0.390 e. The zero-order chi connectivity index (χ0) is 20.1. The molecule has 1 amide bonds. The Morgan fingerprint density at radius 3 is 2.79 bits per heavy atom. The lowest BCUT2D eigenvalue weighted by Crippen LogP contribution is -2.42. The average Bonchev–Trinajstić information content (AvgIpc) is 3.25. The highest BCUT2D eigenvalue weighted by molar-refractivity contribution is 5.94. The molecule has 1 unspecified atom stereocenters. The molecular weight excluding hydrogens is 364 g/mol. The number of β-amino-alcohol motifs (C(OH)–C–C–N with tert-alkyl or cyclic N) is 1. The van der Waals surface area contributed by atoms with Crippen LogP contribution in [0.3, 0.4) is 0 Å². The summed E-state index contributed by atoms with van der Waals surface area (Å²) in [6.07, 6.45) is 0.428. The molecule has 1 fully saturated rings. The minimum absolute atomic E-state index is 0.130. The summed E-state index contributed by atoms with van der Waals surface area (Å²) in [6, 6.07) is 16.2. The zero-order valence-electron chi connectivity index (χ0n) is 16.8. The van der Waals surface area contributed by atoms with Gasteiger partial charge in [-0.15, -0.1) is 0 Å². The molecule has 6 heteroatoms. The Morgan fingerprint density at radius 1 is 1.10 bits per heavy atom. The van der Waals surface area contributed by atoms with Crippen molar-refractivity contribution in [3.63, 3.8) is 0 Å². The first kappa shape index (κ1) is 20.0. The molecule has 1 saturated heterocycles. The number of benzene rings is 2. The van der Waals surface area contributed by atoms with Gasteiger partial charge in [-0.2, -0.15) is 0 Å². The molecule has 2 aliphatic heterocycles. The van der Waals surface area contributed by atoms with Crippen molar-refractivity contribution in [2.45, 2.75) is 25.6 Å². The number of rotatable bonds is 7. The highest BCUT2D eigenvalue weighted by Gasteiger charge is 2.19. The molecule has 0 bridgehead atoms. The molecule has 0 saturated carbocycles. The van der Waals surface area contributed by atoms with Crippen molar-refractivity contribution < 1.29 is 9.90 Å². The fourth-order valence-corrected chi connectivity index (χ4v) is 4.14. The summed E-state index contributed by atoms with van der Waals surface area (Å²) in [6.45, 7) is 6.40. The van der Waals surface area contributed by atoms with Gasteiger partial charge in [0.05, 0.1) is 6.10 Å². The Bertz CT molecular complexity index is 835. The van der Waals surface area contributed by atoms with E-state index < -0.39 is 6.10 Å². The SMILES string of the molecule is O=C(NCC(O)CN1CCc2ccccc2C1)c1cccc(CN2CCNC2)c1. The molecule has 2 aliphatic rings. The molecule has 3 N–H and O–H groups in total. The maximum Gasteiger partial charge on any atom is 0.251 e. The fourth-order valence-electron chi connectivity index (χ4n) is 4.14. The van der Waals surface area contributed by atoms with Crippen LogP contribution in [0.4, 0.5) is 0 Å². The number of nitrogens with zero attached hydrogens (tertiary/aromatic N) is 2. The molecule has 154 valence electrons. The third-order valence-corrected chi connectivity index (χ3v) is 5.71. The molecule has 1 atom stereocenters. The number of hydrogen-bond donors (Lipinski definition) is 3. The smallest absolute Gasteiger partial charge is 0.251 e. The number of carbonyl (C=O) groups excluding carboxylic acids is 1. The highest BCUT2D eigenvalue weighted by atomic mass is 16.3. The van der Waals surface area contributed by atoms with Crippen molar-refractivity contribution in [1.29, 1.82) is 0 Å². The predicted octanol–water partition coefficient (Wildman–Crippen LogP) is 1.20. The van der Waals surface area contributed by atoms with Gasteiger partial charge in [-0.3, -0.25) is 14.6 Å². The van der Waals surface area contributed by atoms with Crippen LogP contribution in [0.1, 0.15) is 27.0 Å². The molecule has 0 aromatic heterocycles. The average molecular weight is 395 g/mol. The van der Waals surface area contributed by atoms with Gasteiger partial charge in [0.1, 0.15) is 0 Å². The quantitative estimate of drug-likeness (QED) is 0.659. The van der Waals surface area contributed by atoms with Crippen LogP contribution in [0.25, 0.3) is 0 Å². The van der Waals surface area contributed by atoms with E-state index in [4.69, 9.17) is 0 Å². The van der Waals surface area contributed by atoms with E-state index in [9.17, 15) is 9.90 Å². The lowest BCUT2D eigenvalue weighted by Gasteiger charge is -2.30. The van der Waals surface area contributed by atoms with Gasteiger partial charge in [0.15, 0.2) is 0 Å². The van der Waals surface area contributed by atoms with Crippen molar-refractivity contribution in [3.05, 3.63) is 70.8 Å². The first-order valence-electron chi connectivity index (χ1n) is 10.4. The van der Waals surface area contributed by atoms with Crippen LogP contribution in [-0.2, 0) is 19.5 Å². The van der Waals surface area contributed by atoms with Crippen LogP contribution in [-0.4, -0.2) is 66.3 Å². The Morgan fingerprint density at radius 2 is 1.97 bits per heavy atom. The molecule has 0 aliphatic carbocycles. The van der Waals surface area contributed by atoms with Crippen LogP contribution < -0.4 is 10.6 Å². The van der Waals surface area contributed by atoms with Gasteiger partial charge >= 0.3 is 0 Å². The van der Waals surface area contributed by atoms with E-state index in [0.717, 1.165) is 51.4 Å².